The monoisotopic (exact) mass is 536 g/mol. The van der Waals surface area contributed by atoms with Gasteiger partial charge in [0.25, 0.3) is 0 Å². The Morgan fingerprint density at radius 3 is 2.31 bits per heavy atom. The van der Waals surface area contributed by atoms with Gasteiger partial charge in [0.1, 0.15) is 0 Å². The zero-order valence-electron chi connectivity index (χ0n) is 20.2. The molecule has 0 bridgehead atoms. The third-order valence-corrected chi connectivity index (χ3v) is 7.33. The number of imidazole rings is 1. The first-order valence-electron chi connectivity index (χ1n) is 11.3. The molecule has 0 spiro atoms. The van der Waals surface area contributed by atoms with Gasteiger partial charge < -0.3 is 14.8 Å². The van der Waals surface area contributed by atoms with Gasteiger partial charge in [-0.15, -0.1) is 0 Å². The number of amides is 2. The van der Waals surface area contributed by atoms with Crippen molar-refractivity contribution in [2.24, 2.45) is 5.92 Å². The highest BCUT2D eigenvalue weighted by atomic mass is 35.5. The van der Waals surface area contributed by atoms with Crippen LogP contribution in [0.25, 0.3) is 0 Å². The maximum absolute atomic E-state index is 13.3. The summed E-state index contributed by atoms with van der Waals surface area (Å²) in [5.74, 6) is -0.0542. The van der Waals surface area contributed by atoms with E-state index in [1.54, 1.807) is 58.0 Å². The minimum atomic E-state index is -3.76. The summed E-state index contributed by atoms with van der Waals surface area (Å²) in [5, 5.41) is 3.84. The molecule has 188 valence electrons. The quantitative estimate of drug-likeness (QED) is 0.349. The Hall–Kier alpha value is -2.55. The molecule has 0 aliphatic heterocycles. The molecule has 1 aromatic heterocycles. The summed E-state index contributed by atoms with van der Waals surface area (Å²) in [5.41, 5.74) is 1.80. The van der Waals surface area contributed by atoms with E-state index in [9.17, 15) is 13.2 Å². The van der Waals surface area contributed by atoms with E-state index in [0.29, 0.717) is 33.5 Å². The summed E-state index contributed by atoms with van der Waals surface area (Å²) in [4.78, 5) is 19.0. The van der Waals surface area contributed by atoms with E-state index in [2.05, 4.69) is 10.3 Å². The lowest BCUT2D eigenvalue weighted by atomic mass is 10.2. The number of rotatable bonds is 9. The summed E-state index contributed by atoms with van der Waals surface area (Å²) in [6, 6.07) is 13.2. The Morgan fingerprint density at radius 1 is 1.06 bits per heavy atom. The third kappa shape index (κ3) is 7.22. The van der Waals surface area contributed by atoms with Gasteiger partial charge in [-0.1, -0.05) is 55.2 Å². The number of aromatic nitrogens is 2. The van der Waals surface area contributed by atoms with Gasteiger partial charge in [-0.05, 0) is 55.7 Å². The molecule has 1 N–H and O–H groups in total. The van der Waals surface area contributed by atoms with Crippen molar-refractivity contribution in [2.75, 3.05) is 5.32 Å². The molecular formula is C25H30Cl2N4O3S. The van der Waals surface area contributed by atoms with Crippen LogP contribution in [0.4, 0.5) is 10.5 Å². The minimum absolute atomic E-state index is 0.0138. The van der Waals surface area contributed by atoms with Gasteiger partial charge in [-0.25, -0.2) is 18.2 Å². The fourth-order valence-corrected chi connectivity index (χ4v) is 5.55. The molecule has 3 aromatic rings. The molecule has 0 aliphatic rings. The normalized spacial score (nSPS) is 11.8. The number of anilines is 1. The van der Waals surface area contributed by atoms with Crippen molar-refractivity contribution in [1.29, 1.82) is 0 Å². The average Bonchev–Trinajstić information content (AvgIpc) is 3.14. The Kier molecular flexibility index (Phi) is 8.85. The van der Waals surface area contributed by atoms with Crippen molar-refractivity contribution in [1.82, 2.24) is 14.5 Å². The number of carbonyl (C=O) groups is 1. The van der Waals surface area contributed by atoms with E-state index in [0.717, 1.165) is 0 Å². The lowest BCUT2D eigenvalue weighted by Gasteiger charge is -2.28. The predicted molar refractivity (Wildman–Crippen MR) is 141 cm³/mol. The highest BCUT2D eigenvalue weighted by molar-refractivity contribution is 7.90. The number of sulfone groups is 1. The van der Waals surface area contributed by atoms with Crippen LogP contribution < -0.4 is 5.32 Å². The second-order valence-electron chi connectivity index (χ2n) is 9.09. The lowest BCUT2D eigenvalue weighted by molar-refractivity contribution is 0.191. The number of benzene rings is 2. The average molecular weight is 538 g/mol. The number of nitrogens with zero attached hydrogens (tertiary/aromatic N) is 3. The molecule has 35 heavy (non-hydrogen) atoms. The van der Waals surface area contributed by atoms with E-state index >= 15 is 0 Å². The zero-order valence-corrected chi connectivity index (χ0v) is 22.5. The van der Waals surface area contributed by atoms with Crippen molar-refractivity contribution in [3.63, 3.8) is 0 Å². The molecule has 0 radical (unpaired) electrons. The van der Waals surface area contributed by atoms with Crippen LogP contribution in [0.2, 0.25) is 10.0 Å². The number of urea groups is 1. The van der Waals surface area contributed by atoms with E-state index in [4.69, 9.17) is 23.2 Å². The smallest absolute Gasteiger partial charge is 0.317 e. The zero-order chi connectivity index (χ0) is 25.8. The number of halogens is 2. The van der Waals surface area contributed by atoms with Gasteiger partial charge >= 0.3 is 6.03 Å². The number of carbonyl (C=O) groups excluding carboxylic acids is 1. The van der Waals surface area contributed by atoms with Crippen LogP contribution in [0.5, 0.6) is 0 Å². The van der Waals surface area contributed by atoms with Crippen LogP contribution in [0, 0.1) is 5.92 Å². The first kappa shape index (κ1) is 27.0. The van der Waals surface area contributed by atoms with E-state index < -0.39 is 9.84 Å². The van der Waals surface area contributed by atoms with Crippen LogP contribution in [-0.4, -0.2) is 34.9 Å². The van der Waals surface area contributed by atoms with E-state index in [1.807, 2.05) is 27.7 Å². The largest absolute Gasteiger partial charge is 0.322 e. The van der Waals surface area contributed by atoms with Gasteiger partial charge in [0.2, 0.25) is 15.0 Å². The molecule has 7 nitrogen and oxygen atoms in total. The molecule has 2 aromatic carbocycles. The molecule has 0 atom stereocenters. The molecule has 0 saturated carbocycles. The second-order valence-corrected chi connectivity index (χ2v) is 11.8. The van der Waals surface area contributed by atoms with Gasteiger partial charge in [-0.3, -0.25) is 0 Å². The summed E-state index contributed by atoms with van der Waals surface area (Å²) in [7, 11) is -3.76. The Labute approximate surface area is 217 Å². The highest BCUT2D eigenvalue weighted by Gasteiger charge is 2.27. The summed E-state index contributed by atoms with van der Waals surface area (Å²) in [6.07, 6.45) is 1.54. The van der Waals surface area contributed by atoms with Crippen LogP contribution >= 0.6 is 23.2 Å². The summed E-state index contributed by atoms with van der Waals surface area (Å²) < 4.78 is 28.3. The molecule has 0 unspecified atom stereocenters. The number of hydrogen-bond donors (Lipinski definition) is 1. The van der Waals surface area contributed by atoms with Crippen LogP contribution in [0.3, 0.4) is 0 Å². The van der Waals surface area contributed by atoms with Crippen LogP contribution in [0.1, 0.15) is 39.0 Å². The number of nitrogens with one attached hydrogen (secondary N) is 1. The van der Waals surface area contributed by atoms with Crippen LogP contribution in [0.15, 0.2) is 59.9 Å². The molecule has 1 heterocycles. The van der Waals surface area contributed by atoms with Gasteiger partial charge in [0.15, 0.2) is 0 Å². The Bertz CT molecular complexity index is 1290. The number of hydrogen-bond acceptors (Lipinski definition) is 4. The standard InChI is InChI=1S/C25H30Cl2N4O3S/c1-17(2)14-31-23(13-28-25(31)35(33,34)16-19-7-5-8-20(26)11-19)15-30(18(3)4)24(32)29-22-10-6-9-21(27)12-22/h5-13,17-18H,14-16H2,1-4H3,(H,29,32). The third-order valence-electron chi connectivity index (χ3n) is 5.27. The molecule has 10 heteroatoms. The first-order valence-corrected chi connectivity index (χ1v) is 13.7. The van der Waals surface area contributed by atoms with Crippen LogP contribution in [-0.2, 0) is 28.7 Å². The van der Waals surface area contributed by atoms with E-state index in [1.165, 1.54) is 6.20 Å². The predicted octanol–water partition coefficient (Wildman–Crippen LogP) is 6.26. The Balaban J connectivity index is 1.91. The maximum Gasteiger partial charge on any atom is 0.322 e. The van der Waals surface area contributed by atoms with Gasteiger partial charge in [0.05, 0.1) is 24.2 Å². The minimum Gasteiger partial charge on any atom is -0.317 e. The highest BCUT2D eigenvalue weighted by Crippen LogP contribution is 2.23. The van der Waals surface area contributed by atoms with E-state index in [-0.39, 0.29) is 35.4 Å². The lowest BCUT2D eigenvalue weighted by Crippen LogP contribution is -2.40. The van der Waals surface area contributed by atoms with Crippen molar-refractivity contribution < 1.29 is 13.2 Å². The van der Waals surface area contributed by atoms with Gasteiger partial charge in [-0.2, -0.15) is 0 Å². The topological polar surface area (TPSA) is 84.3 Å². The SMILES string of the molecule is CC(C)Cn1c(CN(C(=O)Nc2cccc(Cl)c2)C(C)C)cnc1S(=O)(=O)Cc1cccc(Cl)c1. The molecule has 0 saturated heterocycles. The van der Waals surface area contributed by atoms with Crippen molar-refractivity contribution in [2.45, 2.75) is 57.7 Å². The molecular weight excluding hydrogens is 507 g/mol. The second kappa shape index (κ2) is 11.5. The fourth-order valence-electron chi connectivity index (χ4n) is 3.66. The molecule has 2 amide bonds. The van der Waals surface area contributed by atoms with Crippen molar-refractivity contribution in [3.05, 3.63) is 76.0 Å². The van der Waals surface area contributed by atoms with Crippen molar-refractivity contribution >= 4 is 44.8 Å². The molecule has 3 rings (SSSR count). The first-order chi connectivity index (χ1) is 16.5. The maximum atomic E-state index is 13.3. The van der Waals surface area contributed by atoms with Crippen molar-refractivity contribution in [3.8, 4) is 0 Å². The molecule has 0 aliphatic carbocycles. The fraction of sp³-hybridized carbons (Fsp3) is 0.360. The molecule has 0 fully saturated rings. The summed E-state index contributed by atoms with van der Waals surface area (Å²) >= 11 is 12.1. The summed E-state index contributed by atoms with van der Waals surface area (Å²) in [6.45, 7) is 8.44. The van der Waals surface area contributed by atoms with Gasteiger partial charge in [0, 0.05) is 28.3 Å². The Morgan fingerprint density at radius 2 is 1.71 bits per heavy atom.